The van der Waals surface area contributed by atoms with Crippen LogP contribution in [0.2, 0.25) is 0 Å². The average Bonchev–Trinajstić information content (AvgIpc) is 3.01. The molecule has 0 saturated heterocycles. The number of aromatic nitrogens is 2. The maximum atomic E-state index is 8.23. The molecule has 0 saturated carbocycles. The second-order valence-electron chi connectivity index (χ2n) is 7.48. The van der Waals surface area contributed by atoms with Crippen molar-refractivity contribution in [2.75, 3.05) is 0 Å². The summed E-state index contributed by atoms with van der Waals surface area (Å²) in [6, 6.07) is 10.0. The van der Waals surface area contributed by atoms with Gasteiger partial charge in [-0.3, -0.25) is 0 Å². The van der Waals surface area contributed by atoms with Crippen molar-refractivity contribution in [2.45, 2.75) is 41.0 Å². The summed E-state index contributed by atoms with van der Waals surface area (Å²) < 4.78 is 39.5. The van der Waals surface area contributed by atoms with Gasteiger partial charge in [0.2, 0.25) is 11.4 Å². The van der Waals surface area contributed by atoms with E-state index in [-0.39, 0.29) is 6.42 Å². The van der Waals surface area contributed by atoms with Gasteiger partial charge in [0, 0.05) is 33.6 Å². The number of furan rings is 1. The van der Waals surface area contributed by atoms with E-state index in [4.69, 9.17) is 9.90 Å². The van der Waals surface area contributed by atoms with Crippen LogP contribution in [0.25, 0.3) is 33.3 Å². The molecule has 1 atom stereocenters. The fourth-order valence-corrected chi connectivity index (χ4v) is 3.68. The lowest BCUT2D eigenvalue weighted by Crippen LogP contribution is -2.31. The molecule has 0 aliphatic heterocycles. The molecular formula is C24H27N2O+. The van der Waals surface area contributed by atoms with E-state index >= 15 is 0 Å². The quantitative estimate of drug-likeness (QED) is 0.444. The number of rotatable bonds is 3. The van der Waals surface area contributed by atoms with E-state index in [0.717, 1.165) is 33.2 Å². The summed E-state index contributed by atoms with van der Waals surface area (Å²) in [6.07, 6.45) is 2.14. The van der Waals surface area contributed by atoms with Crippen LogP contribution in [0.1, 0.15) is 41.6 Å². The fourth-order valence-electron chi connectivity index (χ4n) is 3.68. The Kier molecular flexibility index (Phi) is 3.24. The second kappa shape index (κ2) is 6.49. The Morgan fingerprint density at radius 3 is 2.67 bits per heavy atom. The first-order valence-corrected chi connectivity index (χ1v) is 9.18. The molecule has 0 bridgehead atoms. The predicted molar refractivity (Wildman–Crippen MR) is 111 cm³/mol. The van der Waals surface area contributed by atoms with Crippen molar-refractivity contribution in [2.24, 2.45) is 12.9 Å². The van der Waals surface area contributed by atoms with Gasteiger partial charge >= 0.3 is 0 Å². The van der Waals surface area contributed by atoms with Gasteiger partial charge in [0.05, 0.1) is 5.56 Å². The molecule has 3 aromatic heterocycles. The van der Waals surface area contributed by atoms with Gasteiger partial charge in [-0.25, -0.2) is 9.55 Å². The first-order chi connectivity index (χ1) is 14.4. The Bertz CT molecular complexity index is 1320. The van der Waals surface area contributed by atoms with E-state index in [0.29, 0.717) is 11.4 Å². The van der Waals surface area contributed by atoms with Crippen LogP contribution >= 0.6 is 0 Å². The lowest BCUT2D eigenvalue weighted by Gasteiger charge is -2.07. The Hall–Kier alpha value is -2.68. The normalized spacial score (nSPS) is 16.6. The lowest BCUT2D eigenvalue weighted by molar-refractivity contribution is -0.660. The number of fused-ring (bicyclic) bond motifs is 3. The number of pyridine rings is 2. The number of benzene rings is 1. The third-order valence-corrected chi connectivity index (χ3v) is 5.22. The van der Waals surface area contributed by atoms with Crippen molar-refractivity contribution in [1.29, 1.82) is 0 Å². The molecule has 0 aliphatic carbocycles. The summed E-state index contributed by atoms with van der Waals surface area (Å²) in [5.74, 6) is -1.62. The summed E-state index contributed by atoms with van der Waals surface area (Å²) in [5, 5.41) is 1.85. The van der Waals surface area contributed by atoms with Crippen LogP contribution in [-0.4, -0.2) is 4.98 Å². The van der Waals surface area contributed by atoms with Crippen LogP contribution in [0.15, 0.2) is 40.9 Å². The largest absolute Gasteiger partial charge is 0.437 e. The van der Waals surface area contributed by atoms with Crippen LogP contribution in [-0.2, 0) is 13.5 Å². The smallest absolute Gasteiger partial charge is 0.227 e. The minimum Gasteiger partial charge on any atom is -0.437 e. The Morgan fingerprint density at radius 2 is 1.89 bits per heavy atom. The van der Waals surface area contributed by atoms with Crippen molar-refractivity contribution < 1.29 is 14.5 Å². The van der Waals surface area contributed by atoms with Gasteiger partial charge in [-0.15, -0.1) is 0 Å². The standard InChI is InChI=1S/C24H27N2O/c1-14(2)11-18-8-10-20-19-9-7-15(3)22(23(19)27-24(20)25-18)21-12-16(4)17(5)13-26(21)6/h7-10,12-14H,11H2,1-6H3/q+1/i1D3,14D. The highest BCUT2D eigenvalue weighted by Crippen LogP contribution is 2.36. The van der Waals surface area contributed by atoms with Crippen molar-refractivity contribution in [3.63, 3.8) is 0 Å². The van der Waals surface area contributed by atoms with Gasteiger partial charge < -0.3 is 4.42 Å². The molecule has 27 heavy (non-hydrogen) atoms. The van der Waals surface area contributed by atoms with Crippen LogP contribution in [0.3, 0.4) is 0 Å². The lowest BCUT2D eigenvalue weighted by atomic mass is 9.99. The zero-order chi connectivity index (χ0) is 22.7. The third-order valence-electron chi connectivity index (χ3n) is 5.22. The van der Waals surface area contributed by atoms with E-state index in [1.807, 2.05) is 19.2 Å². The zero-order valence-corrected chi connectivity index (χ0v) is 16.5. The van der Waals surface area contributed by atoms with Gasteiger partial charge in [0.25, 0.3) is 0 Å². The fraction of sp³-hybridized carbons (Fsp3) is 0.333. The molecule has 0 N–H and O–H groups in total. The highest BCUT2D eigenvalue weighted by Gasteiger charge is 2.22. The monoisotopic (exact) mass is 363 g/mol. The first kappa shape index (κ1) is 13.5. The molecule has 3 heterocycles. The molecule has 1 unspecified atom stereocenters. The molecule has 4 rings (SSSR count). The minimum absolute atomic E-state index is 0.0223. The predicted octanol–water partition coefficient (Wildman–Crippen LogP) is 5.60. The van der Waals surface area contributed by atoms with E-state index < -0.39 is 12.7 Å². The summed E-state index contributed by atoms with van der Waals surface area (Å²) in [4.78, 5) is 4.59. The van der Waals surface area contributed by atoms with E-state index in [1.165, 1.54) is 18.1 Å². The van der Waals surface area contributed by atoms with Crippen molar-refractivity contribution in [3.8, 4) is 11.3 Å². The summed E-state index contributed by atoms with van der Waals surface area (Å²) in [6.45, 7) is 5.30. The van der Waals surface area contributed by atoms with E-state index in [9.17, 15) is 0 Å². The SMILES string of the molecule is [2H]C([2H])([2H])C([2H])(C)Cc1ccc2c(n1)oc1c(-c3cc(C)c(C)c[n+]3C)c(C)ccc12. The zero-order valence-electron chi connectivity index (χ0n) is 20.5. The van der Waals surface area contributed by atoms with Gasteiger partial charge in [-0.1, -0.05) is 25.9 Å². The topological polar surface area (TPSA) is 29.9 Å². The van der Waals surface area contributed by atoms with Gasteiger partial charge in [-0.05, 0) is 56.3 Å². The molecule has 3 heteroatoms. The number of hydrogen-bond acceptors (Lipinski definition) is 2. The van der Waals surface area contributed by atoms with E-state index in [2.05, 4.69) is 48.7 Å². The Balaban J connectivity index is 1.91. The summed E-state index contributed by atoms with van der Waals surface area (Å²) in [7, 11) is 2.03. The molecule has 138 valence electrons. The Labute approximate surface area is 166 Å². The second-order valence-corrected chi connectivity index (χ2v) is 7.48. The van der Waals surface area contributed by atoms with Crippen LogP contribution in [0.5, 0.6) is 0 Å². The molecule has 0 spiro atoms. The van der Waals surface area contributed by atoms with Crippen LogP contribution in [0, 0.1) is 26.7 Å². The highest BCUT2D eigenvalue weighted by atomic mass is 16.3. The van der Waals surface area contributed by atoms with Crippen molar-refractivity contribution >= 4 is 22.1 Å². The minimum atomic E-state index is -2.39. The molecule has 0 aliphatic rings. The van der Waals surface area contributed by atoms with Crippen LogP contribution in [0.4, 0.5) is 0 Å². The summed E-state index contributed by atoms with van der Waals surface area (Å²) in [5.41, 5.74) is 7.39. The Morgan fingerprint density at radius 1 is 1.11 bits per heavy atom. The molecule has 4 aromatic rings. The molecule has 3 nitrogen and oxygen atoms in total. The van der Waals surface area contributed by atoms with Crippen molar-refractivity contribution in [3.05, 3.63) is 58.9 Å². The number of nitrogens with zero attached hydrogens (tertiary/aromatic N) is 2. The van der Waals surface area contributed by atoms with Gasteiger partial charge in [0.15, 0.2) is 11.8 Å². The molecule has 0 amide bonds. The average molecular weight is 364 g/mol. The molecule has 0 fully saturated rings. The number of aryl methyl sites for hydroxylation is 4. The number of hydrogen-bond donors (Lipinski definition) is 0. The molecular weight excluding hydrogens is 332 g/mol. The highest BCUT2D eigenvalue weighted by molar-refractivity contribution is 6.08. The van der Waals surface area contributed by atoms with Gasteiger partial charge in [0.1, 0.15) is 7.05 Å². The maximum absolute atomic E-state index is 8.23. The molecule has 0 radical (unpaired) electrons. The third kappa shape index (κ3) is 3.01. The maximum Gasteiger partial charge on any atom is 0.227 e. The molecule has 1 aromatic carbocycles. The van der Waals surface area contributed by atoms with E-state index in [1.54, 1.807) is 6.07 Å². The first-order valence-electron chi connectivity index (χ1n) is 11.2. The summed E-state index contributed by atoms with van der Waals surface area (Å²) >= 11 is 0. The van der Waals surface area contributed by atoms with Gasteiger partial charge in [-0.2, -0.15) is 0 Å². The van der Waals surface area contributed by atoms with Crippen molar-refractivity contribution in [1.82, 2.24) is 4.98 Å². The van der Waals surface area contributed by atoms with Crippen LogP contribution < -0.4 is 4.57 Å².